The summed E-state index contributed by atoms with van der Waals surface area (Å²) in [6, 6.07) is 17.3. The molecule has 2 heterocycles. The maximum Gasteiger partial charge on any atom is 0.248 e. The standard InChI is InChI=1S/C24H27N5O2S/c1-2-28(17-9-4-3-5-10-17)16-8-15-25-21(30)14-13-20-23(31)27-22-18-11-6-7-12-19(18)26-24(32)29(20)22/h3-7,9-12,20H,2,8,13-16H2,1H3,(H,25,30)(H,27,31). The molecule has 166 valence electrons. The number of hydrogen-bond donors (Lipinski definition) is 2. The lowest BCUT2D eigenvalue weighted by atomic mass is 10.1. The van der Waals surface area contributed by atoms with Gasteiger partial charge < -0.3 is 15.5 Å². The second-order valence-corrected chi connectivity index (χ2v) is 8.16. The molecule has 0 saturated heterocycles. The van der Waals surface area contributed by atoms with E-state index < -0.39 is 6.04 Å². The fourth-order valence-corrected chi connectivity index (χ4v) is 4.43. The number of amides is 2. The van der Waals surface area contributed by atoms with Crippen LogP contribution in [0.2, 0.25) is 0 Å². The minimum atomic E-state index is -0.519. The number of carbonyl (C=O) groups is 2. The first-order valence-corrected chi connectivity index (χ1v) is 11.4. The summed E-state index contributed by atoms with van der Waals surface area (Å²) in [4.78, 5) is 31.7. The topological polar surface area (TPSA) is 79.3 Å². The molecule has 1 unspecified atom stereocenters. The Kier molecular flexibility index (Phi) is 6.80. The largest absolute Gasteiger partial charge is 0.372 e. The van der Waals surface area contributed by atoms with Crippen molar-refractivity contribution in [3.8, 4) is 0 Å². The van der Waals surface area contributed by atoms with Crippen LogP contribution < -0.4 is 15.5 Å². The second kappa shape index (κ2) is 9.91. The van der Waals surface area contributed by atoms with E-state index in [-0.39, 0.29) is 18.2 Å². The third-order valence-corrected chi connectivity index (χ3v) is 6.04. The van der Waals surface area contributed by atoms with Crippen LogP contribution in [0.4, 0.5) is 11.5 Å². The van der Waals surface area contributed by atoms with Crippen LogP contribution in [0.15, 0.2) is 54.6 Å². The fourth-order valence-electron chi connectivity index (χ4n) is 4.11. The highest BCUT2D eigenvalue weighted by Crippen LogP contribution is 2.33. The van der Waals surface area contributed by atoms with Gasteiger partial charge in [-0.2, -0.15) is 0 Å². The zero-order valence-electron chi connectivity index (χ0n) is 18.1. The van der Waals surface area contributed by atoms with Crippen molar-refractivity contribution in [3.63, 3.8) is 0 Å². The molecule has 3 aromatic rings. The van der Waals surface area contributed by atoms with E-state index >= 15 is 0 Å². The lowest BCUT2D eigenvalue weighted by Crippen LogP contribution is -2.30. The van der Waals surface area contributed by atoms with Crippen molar-refractivity contribution < 1.29 is 9.59 Å². The van der Waals surface area contributed by atoms with Crippen LogP contribution in [0.25, 0.3) is 10.9 Å². The molecule has 1 aliphatic heterocycles. The molecule has 1 aromatic heterocycles. The van der Waals surface area contributed by atoms with Gasteiger partial charge in [0.15, 0.2) is 0 Å². The molecule has 2 aromatic carbocycles. The average Bonchev–Trinajstić information content (AvgIpc) is 3.15. The second-order valence-electron chi connectivity index (χ2n) is 7.79. The van der Waals surface area contributed by atoms with Gasteiger partial charge in [-0.3, -0.25) is 14.2 Å². The van der Waals surface area contributed by atoms with Crippen LogP contribution in [0, 0.1) is 4.77 Å². The Morgan fingerprint density at radius 2 is 1.94 bits per heavy atom. The number of fused-ring (bicyclic) bond motifs is 3. The number of nitrogens with one attached hydrogen (secondary N) is 2. The summed E-state index contributed by atoms with van der Waals surface area (Å²) < 4.78 is 2.09. The molecule has 0 radical (unpaired) electrons. The molecular weight excluding hydrogens is 422 g/mol. The van der Waals surface area contributed by atoms with Crippen LogP contribution in [0.3, 0.4) is 0 Å². The van der Waals surface area contributed by atoms with Gasteiger partial charge in [0.1, 0.15) is 11.9 Å². The van der Waals surface area contributed by atoms with Gasteiger partial charge in [-0.15, -0.1) is 0 Å². The van der Waals surface area contributed by atoms with Crippen molar-refractivity contribution in [2.45, 2.75) is 32.2 Å². The number of nitrogens with zero attached hydrogens (tertiary/aromatic N) is 3. The molecule has 4 rings (SSSR count). The maximum atomic E-state index is 12.6. The van der Waals surface area contributed by atoms with E-state index in [4.69, 9.17) is 12.2 Å². The van der Waals surface area contributed by atoms with Gasteiger partial charge in [0.25, 0.3) is 0 Å². The van der Waals surface area contributed by atoms with Gasteiger partial charge in [0.05, 0.1) is 5.52 Å². The number of aromatic nitrogens is 2. The van der Waals surface area contributed by atoms with Gasteiger partial charge in [0.2, 0.25) is 16.6 Å². The highest BCUT2D eigenvalue weighted by Gasteiger charge is 2.32. The SMILES string of the molecule is CCN(CCCNC(=O)CCC1C(=O)Nc2c3ccccc3nc(=S)n21)c1ccccc1. The lowest BCUT2D eigenvalue weighted by Gasteiger charge is -2.23. The zero-order valence-corrected chi connectivity index (χ0v) is 18.9. The lowest BCUT2D eigenvalue weighted by molar-refractivity contribution is -0.122. The van der Waals surface area contributed by atoms with E-state index in [1.54, 1.807) is 4.57 Å². The summed E-state index contributed by atoms with van der Waals surface area (Å²) in [6.45, 7) is 4.51. The summed E-state index contributed by atoms with van der Waals surface area (Å²) in [7, 11) is 0. The molecule has 8 heteroatoms. The quantitative estimate of drug-likeness (QED) is 0.380. The number of rotatable bonds is 9. The zero-order chi connectivity index (χ0) is 22.5. The Morgan fingerprint density at radius 3 is 2.72 bits per heavy atom. The Morgan fingerprint density at radius 1 is 1.19 bits per heavy atom. The van der Waals surface area contributed by atoms with E-state index in [0.717, 1.165) is 30.4 Å². The Hall–Kier alpha value is -3.26. The first-order valence-electron chi connectivity index (χ1n) is 11.0. The van der Waals surface area contributed by atoms with E-state index in [9.17, 15) is 9.59 Å². The predicted octanol–water partition coefficient (Wildman–Crippen LogP) is 4.07. The van der Waals surface area contributed by atoms with E-state index in [2.05, 4.69) is 39.6 Å². The van der Waals surface area contributed by atoms with Gasteiger partial charge in [-0.25, -0.2) is 4.98 Å². The Bertz CT molecular complexity index is 1180. The maximum absolute atomic E-state index is 12.6. The molecule has 0 spiro atoms. The summed E-state index contributed by atoms with van der Waals surface area (Å²) in [6.07, 6.45) is 1.48. The normalized spacial score (nSPS) is 14.8. The third-order valence-electron chi connectivity index (χ3n) is 5.75. The van der Waals surface area contributed by atoms with Crippen molar-refractivity contribution in [3.05, 3.63) is 59.4 Å². The molecule has 0 bridgehead atoms. The predicted molar refractivity (Wildman–Crippen MR) is 129 cm³/mol. The van der Waals surface area contributed by atoms with Crippen molar-refractivity contribution in [1.82, 2.24) is 14.9 Å². The van der Waals surface area contributed by atoms with Gasteiger partial charge in [0, 0.05) is 37.1 Å². The molecule has 0 aliphatic carbocycles. The monoisotopic (exact) mass is 449 g/mol. The summed E-state index contributed by atoms with van der Waals surface area (Å²) in [5.74, 6) is 0.453. The number of benzene rings is 2. The molecule has 32 heavy (non-hydrogen) atoms. The van der Waals surface area contributed by atoms with Crippen LogP contribution in [0.1, 0.15) is 32.2 Å². The molecule has 1 aliphatic rings. The summed E-state index contributed by atoms with van der Waals surface area (Å²) in [5, 5.41) is 6.74. The molecule has 2 N–H and O–H groups in total. The third kappa shape index (κ3) is 4.65. The van der Waals surface area contributed by atoms with Crippen molar-refractivity contribution in [1.29, 1.82) is 0 Å². The van der Waals surface area contributed by atoms with Gasteiger partial charge >= 0.3 is 0 Å². The molecule has 0 fully saturated rings. The van der Waals surface area contributed by atoms with Crippen molar-refractivity contribution >= 4 is 46.4 Å². The average molecular weight is 450 g/mol. The van der Waals surface area contributed by atoms with Crippen LogP contribution >= 0.6 is 12.2 Å². The number of anilines is 2. The summed E-state index contributed by atoms with van der Waals surface area (Å²) >= 11 is 5.43. The van der Waals surface area contributed by atoms with E-state index in [1.807, 2.05) is 42.5 Å². The first kappa shape index (κ1) is 22.0. The molecule has 2 amide bonds. The minimum absolute atomic E-state index is 0.0609. The molecule has 0 saturated carbocycles. The molecule has 7 nitrogen and oxygen atoms in total. The van der Waals surface area contributed by atoms with E-state index in [1.165, 1.54) is 5.69 Å². The minimum Gasteiger partial charge on any atom is -0.372 e. The Balaban J connectivity index is 1.30. The number of carbonyl (C=O) groups excluding carboxylic acids is 2. The van der Waals surface area contributed by atoms with Crippen LogP contribution in [-0.2, 0) is 9.59 Å². The highest BCUT2D eigenvalue weighted by atomic mass is 32.1. The fraction of sp³-hybridized carbons (Fsp3) is 0.333. The number of para-hydroxylation sites is 2. The van der Waals surface area contributed by atoms with Crippen molar-refractivity contribution in [2.24, 2.45) is 0 Å². The molecular formula is C24H27N5O2S. The van der Waals surface area contributed by atoms with Crippen LogP contribution in [0.5, 0.6) is 0 Å². The molecule has 1 atom stereocenters. The smallest absolute Gasteiger partial charge is 0.248 e. The number of hydrogen-bond acceptors (Lipinski definition) is 5. The highest BCUT2D eigenvalue weighted by molar-refractivity contribution is 7.71. The van der Waals surface area contributed by atoms with E-state index in [0.29, 0.717) is 23.6 Å². The Labute approximate surface area is 192 Å². The summed E-state index contributed by atoms with van der Waals surface area (Å²) in [5.41, 5.74) is 1.93. The van der Waals surface area contributed by atoms with Gasteiger partial charge in [-0.1, -0.05) is 30.3 Å². The van der Waals surface area contributed by atoms with Crippen LogP contribution in [-0.4, -0.2) is 41.0 Å². The first-order chi connectivity index (χ1) is 15.6. The van der Waals surface area contributed by atoms with Crippen molar-refractivity contribution in [2.75, 3.05) is 29.9 Å². The van der Waals surface area contributed by atoms with Gasteiger partial charge in [-0.05, 0) is 56.2 Å².